The number of amides is 2. The van der Waals surface area contributed by atoms with Gasteiger partial charge in [0.2, 0.25) is 12.0 Å². The number of carbonyl (C=O) groups excluding carboxylic acids is 3. The second-order valence-electron chi connectivity index (χ2n) is 6.65. The number of benzene rings is 2. The molecular weight excluding hydrogens is 392 g/mol. The lowest BCUT2D eigenvalue weighted by Gasteiger charge is -2.16. The highest BCUT2D eigenvalue weighted by molar-refractivity contribution is 6.32. The Labute approximate surface area is 171 Å². The van der Waals surface area contributed by atoms with Gasteiger partial charge < -0.3 is 19.0 Å². The Morgan fingerprint density at radius 1 is 1.00 bits per heavy atom. The monoisotopic (exact) mass is 410 g/mol. The van der Waals surface area contributed by atoms with Crippen LogP contribution >= 0.6 is 0 Å². The van der Waals surface area contributed by atoms with Gasteiger partial charge in [-0.05, 0) is 42.5 Å². The van der Waals surface area contributed by atoms with E-state index in [1.165, 1.54) is 45.4 Å². The first-order valence-corrected chi connectivity index (χ1v) is 9.07. The van der Waals surface area contributed by atoms with Crippen molar-refractivity contribution in [1.29, 1.82) is 0 Å². The summed E-state index contributed by atoms with van der Waals surface area (Å²) in [4.78, 5) is 43.4. The van der Waals surface area contributed by atoms with Crippen molar-refractivity contribution in [1.82, 2.24) is 0 Å². The minimum atomic E-state index is -1.03. The Bertz CT molecular complexity index is 1060. The van der Waals surface area contributed by atoms with E-state index in [4.69, 9.17) is 19.0 Å². The number of ether oxygens (including phenoxy) is 3. The van der Waals surface area contributed by atoms with E-state index in [-0.39, 0.29) is 0 Å². The average molecular weight is 410 g/mol. The van der Waals surface area contributed by atoms with Crippen molar-refractivity contribution in [2.75, 3.05) is 19.1 Å². The van der Waals surface area contributed by atoms with Crippen LogP contribution in [0.4, 0.5) is 5.69 Å². The first-order valence-electron chi connectivity index (χ1n) is 9.07. The van der Waals surface area contributed by atoms with Crippen LogP contribution in [0.5, 0.6) is 17.2 Å². The predicted molar refractivity (Wildman–Crippen MR) is 105 cm³/mol. The SMILES string of the molecule is COc1ccc(C2=NO[C@@H]3C(=O)N(c4ccc(OC(C)=O)cc4)C(=O)[C@H]23)cc1OC. The molecule has 0 saturated carbocycles. The van der Waals surface area contributed by atoms with E-state index in [0.29, 0.717) is 34.2 Å². The van der Waals surface area contributed by atoms with Crippen molar-refractivity contribution < 1.29 is 33.4 Å². The first-order chi connectivity index (χ1) is 14.4. The van der Waals surface area contributed by atoms with Crippen LogP contribution in [0.3, 0.4) is 0 Å². The molecule has 2 aliphatic heterocycles. The molecule has 2 amide bonds. The zero-order valence-corrected chi connectivity index (χ0v) is 16.4. The van der Waals surface area contributed by atoms with Crippen LogP contribution in [0.2, 0.25) is 0 Å². The molecular formula is C21H18N2O7. The number of fused-ring (bicyclic) bond motifs is 1. The molecule has 0 bridgehead atoms. The highest BCUT2D eigenvalue weighted by atomic mass is 16.7. The molecule has 9 nitrogen and oxygen atoms in total. The fourth-order valence-electron chi connectivity index (χ4n) is 3.50. The molecule has 2 heterocycles. The molecule has 0 unspecified atom stereocenters. The molecule has 154 valence electrons. The predicted octanol–water partition coefficient (Wildman–Crippen LogP) is 1.92. The normalized spacial score (nSPS) is 19.8. The number of oxime groups is 1. The minimum Gasteiger partial charge on any atom is -0.493 e. The van der Waals surface area contributed by atoms with Crippen molar-refractivity contribution >= 4 is 29.2 Å². The van der Waals surface area contributed by atoms with Gasteiger partial charge in [-0.1, -0.05) is 5.16 Å². The van der Waals surface area contributed by atoms with Crippen LogP contribution < -0.4 is 19.1 Å². The Kier molecular flexibility index (Phi) is 4.86. The van der Waals surface area contributed by atoms with E-state index in [9.17, 15) is 14.4 Å². The van der Waals surface area contributed by atoms with Crippen molar-refractivity contribution in [3.8, 4) is 17.2 Å². The van der Waals surface area contributed by atoms with Crippen molar-refractivity contribution in [3.63, 3.8) is 0 Å². The Balaban J connectivity index is 1.62. The molecule has 0 N–H and O–H groups in total. The number of imide groups is 1. The maximum absolute atomic E-state index is 13.1. The van der Waals surface area contributed by atoms with E-state index in [1.54, 1.807) is 18.2 Å². The summed E-state index contributed by atoms with van der Waals surface area (Å²) in [5, 5.41) is 3.99. The Hall–Kier alpha value is -3.88. The Morgan fingerprint density at radius 3 is 2.33 bits per heavy atom. The third-order valence-corrected chi connectivity index (χ3v) is 4.85. The summed E-state index contributed by atoms with van der Waals surface area (Å²) in [7, 11) is 3.02. The summed E-state index contributed by atoms with van der Waals surface area (Å²) in [6, 6.07) is 11.2. The molecule has 9 heteroatoms. The Morgan fingerprint density at radius 2 is 1.70 bits per heavy atom. The second kappa shape index (κ2) is 7.51. The van der Waals surface area contributed by atoms with Gasteiger partial charge in [0.15, 0.2) is 11.5 Å². The van der Waals surface area contributed by atoms with E-state index < -0.39 is 29.8 Å². The zero-order valence-electron chi connectivity index (χ0n) is 16.4. The molecule has 0 aromatic heterocycles. The second-order valence-corrected chi connectivity index (χ2v) is 6.65. The van der Waals surface area contributed by atoms with Crippen LogP contribution in [0.25, 0.3) is 0 Å². The number of anilines is 1. The summed E-state index contributed by atoms with van der Waals surface area (Å²) in [5.41, 5.74) is 1.29. The van der Waals surface area contributed by atoms with Crippen LogP contribution in [-0.4, -0.2) is 43.8 Å². The van der Waals surface area contributed by atoms with Gasteiger partial charge in [0.25, 0.3) is 5.91 Å². The van der Waals surface area contributed by atoms with Crippen LogP contribution in [0, 0.1) is 5.92 Å². The molecule has 4 rings (SSSR count). The molecule has 0 spiro atoms. The fraction of sp³-hybridized carbons (Fsp3) is 0.238. The number of esters is 1. The maximum Gasteiger partial charge on any atom is 0.308 e. The third-order valence-electron chi connectivity index (χ3n) is 4.85. The van der Waals surface area contributed by atoms with Gasteiger partial charge in [-0.25, -0.2) is 4.90 Å². The van der Waals surface area contributed by atoms with Crippen LogP contribution in [0.15, 0.2) is 47.6 Å². The lowest BCUT2D eigenvalue weighted by Crippen LogP contribution is -2.33. The van der Waals surface area contributed by atoms with Gasteiger partial charge in [0.1, 0.15) is 17.4 Å². The average Bonchev–Trinajstić information content (AvgIpc) is 3.28. The molecule has 2 aromatic rings. The molecule has 2 atom stereocenters. The molecule has 0 radical (unpaired) electrons. The van der Waals surface area contributed by atoms with Crippen molar-refractivity contribution in [2.24, 2.45) is 11.1 Å². The summed E-state index contributed by atoms with van der Waals surface area (Å²) >= 11 is 0. The van der Waals surface area contributed by atoms with Gasteiger partial charge in [0.05, 0.1) is 19.9 Å². The van der Waals surface area contributed by atoms with Gasteiger partial charge in [0, 0.05) is 12.5 Å². The van der Waals surface area contributed by atoms with E-state index in [0.717, 1.165) is 4.90 Å². The first kappa shape index (κ1) is 19.4. The maximum atomic E-state index is 13.1. The largest absolute Gasteiger partial charge is 0.493 e. The summed E-state index contributed by atoms with van der Waals surface area (Å²) in [6.45, 7) is 1.29. The number of carbonyl (C=O) groups is 3. The van der Waals surface area contributed by atoms with Crippen LogP contribution in [-0.2, 0) is 19.2 Å². The zero-order chi connectivity index (χ0) is 21.4. The minimum absolute atomic E-state index is 0.314. The highest BCUT2D eigenvalue weighted by Gasteiger charge is 2.56. The lowest BCUT2D eigenvalue weighted by atomic mass is 9.94. The smallest absolute Gasteiger partial charge is 0.308 e. The lowest BCUT2D eigenvalue weighted by molar-refractivity contribution is -0.132. The van der Waals surface area contributed by atoms with Crippen molar-refractivity contribution in [3.05, 3.63) is 48.0 Å². The number of hydrogen-bond acceptors (Lipinski definition) is 8. The van der Waals surface area contributed by atoms with E-state index >= 15 is 0 Å². The molecule has 2 aromatic carbocycles. The molecule has 1 saturated heterocycles. The van der Waals surface area contributed by atoms with Gasteiger partial charge >= 0.3 is 5.97 Å². The highest BCUT2D eigenvalue weighted by Crippen LogP contribution is 2.37. The molecule has 1 fully saturated rings. The van der Waals surface area contributed by atoms with Crippen molar-refractivity contribution in [2.45, 2.75) is 13.0 Å². The van der Waals surface area contributed by atoms with Gasteiger partial charge in [-0.15, -0.1) is 0 Å². The number of hydrogen-bond donors (Lipinski definition) is 0. The molecule has 2 aliphatic rings. The standard InChI is InChI=1S/C21H18N2O7/c1-11(24)29-14-7-5-13(6-8-14)23-20(25)17-18(22-30-19(17)21(23)26)12-4-9-15(27-2)16(10-12)28-3/h4-10,17,19H,1-3H3/t17-,19+/m1/s1. The van der Waals surface area contributed by atoms with Gasteiger partial charge in [-0.3, -0.25) is 14.4 Å². The summed E-state index contributed by atoms with van der Waals surface area (Å²) in [5.74, 6) is -0.981. The fourth-order valence-corrected chi connectivity index (χ4v) is 3.50. The third kappa shape index (κ3) is 3.14. The van der Waals surface area contributed by atoms with E-state index in [1.807, 2.05) is 0 Å². The van der Waals surface area contributed by atoms with Crippen LogP contribution in [0.1, 0.15) is 12.5 Å². The summed E-state index contributed by atoms with van der Waals surface area (Å²) < 4.78 is 15.5. The molecule has 30 heavy (non-hydrogen) atoms. The number of nitrogens with zero attached hydrogens (tertiary/aromatic N) is 2. The molecule has 0 aliphatic carbocycles. The topological polar surface area (TPSA) is 104 Å². The number of methoxy groups -OCH3 is 2. The quantitative estimate of drug-likeness (QED) is 0.421. The summed E-state index contributed by atoms with van der Waals surface area (Å²) in [6.07, 6.45) is -1.03. The number of rotatable bonds is 5. The van der Waals surface area contributed by atoms with E-state index in [2.05, 4.69) is 5.16 Å². The van der Waals surface area contributed by atoms with Gasteiger partial charge in [-0.2, -0.15) is 0 Å².